The van der Waals surface area contributed by atoms with E-state index in [0.29, 0.717) is 11.3 Å². The summed E-state index contributed by atoms with van der Waals surface area (Å²) < 4.78 is 22.5. The number of benzene rings is 1. The first-order valence-corrected chi connectivity index (χ1v) is 9.49. The summed E-state index contributed by atoms with van der Waals surface area (Å²) in [6.07, 6.45) is 4.11. The van der Waals surface area contributed by atoms with Crippen LogP contribution in [0.4, 0.5) is 11.6 Å². The van der Waals surface area contributed by atoms with Crippen molar-refractivity contribution in [1.82, 2.24) is 19.9 Å². The number of rotatable bonds is 4. The Morgan fingerprint density at radius 2 is 1.97 bits per heavy atom. The lowest BCUT2D eigenvalue weighted by Gasteiger charge is -2.27. The van der Waals surface area contributed by atoms with E-state index >= 15 is 0 Å². The second-order valence-electron chi connectivity index (χ2n) is 7.49. The molecule has 2 aromatic heterocycles. The van der Waals surface area contributed by atoms with Gasteiger partial charge in [0.2, 0.25) is 0 Å². The molecule has 7 heteroatoms. The summed E-state index contributed by atoms with van der Waals surface area (Å²) in [6, 6.07) is 5.65. The minimum atomic E-state index is -2.21. The lowest BCUT2D eigenvalue weighted by molar-refractivity contribution is 0.294. The monoisotopic (exact) mass is 392 g/mol. The highest BCUT2D eigenvalue weighted by Gasteiger charge is 2.17. The van der Waals surface area contributed by atoms with Crippen LogP contribution in [0.25, 0.3) is 11.3 Å². The molecule has 0 saturated carbocycles. The Balaban J connectivity index is 1.70. The van der Waals surface area contributed by atoms with E-state index in [1.165, 1.54) is 29.0 Å². The van der Waals surface area contributed by atoms with Crippen molar-refractivity contribution in [3.05, 3.63) is 58.4 Å². The quantitative estimate of drug-likeness (QED) is 0.703. The highest BCUT2D eigenvalue weighted by Crippen LogP contribution is 2.30. The number of nitrogen functional groups attached to an aromatic ring is 2. The Hall–Kier alpha value is -3.19. The molecule has 1 aromatic carbocycles. The van der Waals surface area contributed by atoms with Crippen LogP contribution in [0, 0.1) is 13.8 Å². The zero-order valence-corrected chi connectivity index (χ0v) is 16.9. The summed E-state index contributed by atoms with van der Waals surface area (Å²) in [5.74, 6) is 0.155. The number of anilines is 2. The van der Waals surface area contributed by atoms with Gasteiger partial charge in [-0.05, 0) is 73.3 Å². The molecule has 0 radical (unpaired) electrons. The molecule has 1 aliphatic heterocycles. The molecule has 0 atom stereocenters. The van der Waals surface area contributed by atoms with Crippen LogP contribution in [-0.2, 0) is 19.5 Å². The maximum atomic E-state index is 8.43. The molecule has 4 rings (SSSR count). The number of aromatic nitrogens is 3. The van der Waals surface area contributed by atoms with Crippen LogP contribution in [0.2, 0.25) is 0 Å². The maximum Gasteiger partial charge on any atom is 0.258 e. The molecule has 3 aromatic rings. The van der Waals surface area contributed by atoms with E-state index in [1.54, 1.807) is 13.1 Å². The number of pyridine rings is 1. The molecule has 0 saturated heterocycles. The van der Waals surface area contributed by atoms with Gasteiger partial charge in [0.25, 0.3) is 5.88 Å². The van der Waals surface area contributed by atoms with Crippen LogP contribution in [0.15, 0.2) is 30.6 Å². The van der Waals surface area contributed by atoms with E-state index < -0.39 is 6.56 Å². The Morgan fingerprint density at radius 3 is 2.79 bits per heavy atom. The smallest absolute Gasteiger partial charge is 0.258 e. The predicted octanol–water partition coefficient (Wildman–Crippen LogP) is 2.89. The van der Waals surface area contributed by atoms with E-state index in [9.17, 15) is 0 Å². The Bertz CT molecular complexity index is 1150. The summed E-state index contributed by atoms with van der Waals surface area (Å²) in [5, 5.41) is 0. The molecule has 4 N–H and O–H groups in total. The third-order valence-corrected chi connectivity index (χ3v) is 5.19. The van der Waals surface area contributed by atoms with Gasteiger partial charge >= 0.3 is 0 Å². The van der Waals surface area contributed by atoms with Gasteiger partial charge in [-0.2, -0.15) is 0 Å². The van der Waals surface area contributed by atoms with Crippen molar-refractivity contribution in [1.29, 1.82) is 0 Å². The van der Waals surface area contributed by atoms with Crippen molar-refractivity contribution in [2.45, 2.75) is 33.4 Å². The van der Waals surface area contributed by atoms with Gasteiger partial charge in [-0.25, -0.2) is 15.0 Å². The first-order valence-electron chi connectivity index (χ1n) is 10.5. The number of nitrogens with zero attached hydrogens (tertiary/aromatic N) is 4. The van der Waals surface area contributed by atoms with E-state index in [-0.39, 0.29) is 23.1 Å². The first kappa shape index (κ1) is 16.7. The zero-order valence-electron chi connectivity index (χ0n) is 18.9. The first-order chi connectivity index (χ1) is 14.6. The fourth-order valence-corrected chi connectivity index (χ4v) is 3.56. The van der Waals surface area contributed by atoms with E-state index in [4.69, 9.17) is 18.9 Å². The van der Waals surface area contributed by atoms with Gasteiger partial charge in [0.1, 0.15) is 12.4 Å². The van der Waals surface area contributed by atoms with E-state index in [0.717, 1.165) is 25.1 Å². The van der Waals surface area contributed by atoms with E-state index in [1.807, 2.05) is 0 Å². The summed E-state index contributed by atoms with van der Waals surface area (Å²) in [6.45, 7) is 3.55. The summed E-state index contributed by atoms with van der Waals surface area (Å²) in [5.41, 5.74) is 17.9. The molecule has 29 heavy (non-hydrogen) atoms. The Labute approximate surface area is 173 Å². The number of ether oxygens (including phenoxy) is 1. The van der Waals surface area contributed by atoms with Crippen molar-refractivity contribution in [3.8, 4) is 17.1 Å². The lowest BCUT2D eigenvalue weighted by atomic mass is 9.92. The molecule has 0 unspecified atom stereocenters. The van der Waals surface area contributed by atoms with Crippen LogP contribution >= 0.6 is 0 Å². The van der Waals surface area contributed by atoms with Crippen LogP contribution in [0.3, 0.4) is 0 Å². The van der Waals surface area contributed by atoms with Gasteiger partial charge in [-0.15, -0.1) is 0 Å². The largest absolute Gasteiger partial charge is 0.470 e. The average molecular weight is 393 g/mol. The molecule has 1 aliphatic rings. The standard InChI is InChI=1S/C22H26N6O/c1-13-6-15(7-16-11-28(3)5-4-18(13)16)19-10-26-21(24)22(27-19)29-12-17-8-20(23)25-9-14(17)2/h6-10H,4-5,11-12H2,1-3H3,(H2,23,25)(H2,24,26)/i12D2. The number of nitrogens with two attached hydrogens (primary N) is 2. The number of hydrogen-bond donors (Lipinski definition) is 2. The molecule has 7 nitrogen and oxygen atoms in total. The maximum absolute atomic E-state index is 8.43. The van der Waals surface area contributed by atoms with Gasteiger partial charge in [0.05, 0.1) is 14.6 Å². The van der Waals surface area contributed by atoms with Crippen LogP contribution in [0.1, 0.15) is 30.6 Å². The highest BCUT2D eigenvalue weighted by molar-refractivity contribution is 5.64. The number of likely N-dealkylation sites (N-methyl/N-ethyl adjacent to an activating group) is 1. The fourth-order valence-electron chi connectivity index (χ4n) is 3.56. The second-order valence-corrected chi connectivity index (χ2v) is 7.49. The molecule has 3 heterocycles. The molecule has 0 bridgehead atoms. The van der Waals surface area contributed by atoms with Crippen molar-refractivity contribution in [2.75, 3.05) is 25.1 Å². The van der Waals surface area contributed by atoms with Crippen LogP contribution < -0.4 is 16.2 Å². The van der Waals surface area contributed by atoms with Crippen molar-refractivity contribution >= 4 is 11.6 Å². The molecular formula is C22H26N6O. The summed E-state index contributed by atoms with van der Waals surface area (Å²) in [7, 11) is 2.11. The topological polar surface area (TPSA) is 103 Å². The van der Waals surface area contributed by atoms with Gasteiger partial charge < -0.3 is 21.1 Å². The van der Waals surface area contributed by atoms with Crippen molar-refractivity contribution in [2.24, 2.45) is 0 Å². The highest BCUT2D eigenvalue weighted by atomic mass is 16.5. The fraction of sp³-hybridized carbons (Fsp3) is 0.318. The summed E-state index contributed by atoms with van der Waals surface area (Å²) in [4.78, 5) is 15.0. The lowest BCUT2D eigenvalue weighted by Crippen LogP contribution is -2.27. The molecule has 0 spiro atoms. The Morgan fingerprint density at radius 1 is 1.14 bits per heavy atom. The van der Waals surface area contributed by atoms with Gasteiger partial charge in [-0.3, -0.25) is 0 Å². The van der Waals surface area contributed by atoms with Gasteiger partial charge in [0, 0.05) is 24.8 Å². The van der Waals surface area contributed by atoms with Crippen molar-refractivity contribution < 1.29 is 7.48 Å². The zero-order chi connectivity index (χ0) is 22.3. The minimum absolute atomic E-state index is 0.0155. The van der Waals surface area contributed by atoms with Crippen LogP contribution in [-0.4, -0.2) is 33.4 Å². The molecule has 0 fully saturated rings. The number of fused-ring (bicyclic) bond motifs is 1. The molecule has 0 amide bonds. The summed E-state index contributed by atoms with van der Waals surface area (Å²) >= 11 is 0. The third-order valence-electron chi connectivity index (χ3n) is 5.19. The SMILES string of the molecule is [2H]C([2H])(Oc1nc(-c2cc(C)c3c(c2)CN(C)CC3)cnc1N)c1cc(N)ncc1C. The average Bonchev–Trinajstić information content (AvgIpc) is 2.70. The Kier molecular flexibility index (Phi) is 4.43. The molecule has 150 valence electrons. The normalized spacial score (nSPS) is 15.4. The number of aryl methyl sites for hydroxylation is 2. The van der Waals surface area contributed by atoms with Crippen LogP contribution in [0.5, 0.6) is 5.88 Å². The minimum Gasteiger partial charge on any atom is -0.470 e. The second kappa shape index (κ2) is 7.67. The third kappa shape index (κ3) is 4.00. The number of hydrogen-bond acceptors (Lipinski definition) is 7. The van der Waals surface area contributed by atoms with Gasteiger partial charge in [-0.1, -0.05) is 0 Å². The predicted molar refractivity (Wildman–Crippen MR) is 114 cm³/mol. The van der Waals surface area contributed by atoms with Gasteiger partial charge in [0.15, 0.2) is 5.82 Å². The molecular weight excluding hydrogens is 364 g/mol. The van der Waals surface area contributed by atoms with Crippen molar-refractivity contribution in [3.63, 3.8) is 0 Å². The molecule has 0 aliphatic carbocycles. The van der Waals surface area contributed by atoms with E-state index in [2.05, 4.69) is 46.0 Å².